The van der Waals surface area contributed by atoms with Crippen molar-refractivity contribution in [3.8, 4) is 5.69 Å². The average molecular weight is 330 g/mol. The first-order chi connectivity index (χ1) is 11.5. The van der Waals surface area contributed by atoms with Crippen LogP contribution < -0.4 is 10.6 Å². The van der Waals surface area contributed by atoms with Crippen molar-refractivity contribution in [1.82, 2.24) is 20.4 Å². The van der Waals surface area contributed by atoms with E-state index in [0.29, 0.717) is 24.4 Å². The summed E-state index contributed by atoms with van der Waals surface area (Å²) in [6.45, 7) is 4.37. The third-order valence-electron chi connectivity index (χ3n) is 3.56. The van der Waals surface area contributed by atoms with E-state index in [1.807, 2.05) is 37.3 Å². The summed E-state index contributed by atoms with van der Waals surface area (Å²) < 4.78 is 6.58. The summed E-state index contributed by atoms with van der Waals surface area (Å²) in [5, 5.41) is 9.71. The smallest absolute Gasteiger partial charge is 0.255 e. The maximum absolute atomic E-state index is 12.4. The van der Waals surface area contributed by atoms with Crippen molar-refractivity contribution in [2.75, 3.05) is 26.8 Å². The lowest BCUT2D eigenvalue weighted by Crippen LogP contribution is -2.38. The topological polar surface area (TPSA) is 85.2 Å². The highest BCUT2D eigenvalue weighted by molar-refractivity contribution is 5.98. The molecule has 2 aromatic rings. The number of nitrogens with zero attached hydrogens (tertiary/aromatic N) is 2. The van der Waals surface area contributed by atoms with Crippen molar-refractivity contribution in [2.45, 2.75) is 13.8 Å². The van der Waals surface area contributed by atoms with Crippen molar-refractivity contribution < 1.29 is 14.3 Å². The third kappa shape index (κ3) is 4.20. The molecule has 0 fully saturated rings. The van der Waals surface area contributed by atoms with Gasteiger partial charge in [0.25, 0.3) is 5.91 Å². The van der Waals surface area contributed by atoms with Crippen molar-refractivity contribution in [3.05, 3.63) is 47.3 Å². The quantitative estimate of drug-likeness (QED) is 0.741. The van der Waals surface area contributed by atoms with E-state index in [2.05, 4.69) is 15.7 Å². The van der Waals surface area contributed by atoms with Gasteiger partial charge in [-0.25, -0.2) is 4.68 Å². The number of ether oxygens (including phenoxy) is 1. The zero-order chi connectivity index (χ0) is 17.5. The van der Waals surface area contributed by atoms with Gasteiger partial charge in [-0.05, 0) is 26.0 Å². The first kappa shape index (κ1) is 17.7. The van der Waals surface area contributed by atoms with E-state index in [1.54, 1.807) is 18.7 Å². The minimum Gasteiger partial charge on any atom is -0.383 e. The number of hydrogen-bond acceptors (Lipinski definition) is 4. The lowest BCUT2D eigenvalue weighted by atomic mass is 10.2. The Balaban J connectivity index is 2.05. The van der Waals surface area contributed by atoms with Crippen molar-refractivity contribution >= 4 is 11.8 Å². The first-order valence-electron chi connectivity index (χ1n) is 7.70. The van der Waals surface area contributed by atoms with Crippen LogP contribution in [0.5, 0.6) is 0 Å². The molecule has 0 atom stereocenters. The van der Waals surface area contributed by atoms with Crippen LogP contribution in [0, 0.1) is 13.8 Å². The number of carbonyl (C=O) groups excluding carboxylic acids is 2. The molecule has 7 nitrogen and oxygen atoms in total. The molecule has 7 heteroatoms. The molecule has 0 saturated heterocycles. The van der Waals surface area contributed by atoms with Gasteiger partial charge in [0.2, 0.25) is 5.91 Å². The van der Waals surface area contributed by atoms with E-state index in [1.165, 1.54) is 0 Å². The molecule has 0 bridgehead atoms. The molecular formula is C17H22N4O3. The first-order valence-corrected chi connectivity index (χ1v) is 7.70. The molecule has 0 aliphatic carbocycles. The Kier molecular flexibility index (Phi) is 6.08. The van der Waals surface area contributed by atoms with E-state index < -0.39 is 0 Å². The number of aryl methyl sites for hydroxylation is 1. The van der Waals surface area contributed by atoms with Crippen LogP contribution in [-0.4, -0.2) is 48.4 Å². The van der Waals surface area contributed by atoms with Gasteiger partial charge < -0.3 is 15.4 Å². The normalized spacial score (nSPS) is 10.5. The van der Waals surface area contributed by atoms with Crippen LogP contribution in [0.25, 0.3) is 5.69 Å². The molecule has 2 N–H and O–H groups in total. The number of hydrogen-bond donors (Lipinski definition) is 2. The van der Waals surface area contributed by atoms with Crippen molar-refractivity contribution in [1.29, 1.82) is 0 Å². The molecule has 0 saturated carbocycles. The molecule has 2 amide bonds. The number of benzene rings is 1. The molecule has 0 spiro atoms. The highest BCUT2D eigenvalue weighted by atomic mass is 16.5. The minimum atomic E-state index is -0.311. The van der Waals surface area contributed by atoms with Crippen LogP contribution in [0.1, 0.15) is 21.7 Å². The van der Waals surface area contributed by atoms with Gasteiger partial charge in [0, 0.05) is 13.7 Å². The Labute approximate surface area is 141 Å². The van der Waals surface area contributed by atoms with Crippen LogP contribution in [0.2, 0.25) is 0 Å². The van der Waals surface area contributed by atoms with Crippen LogP contribution in [0.4, 0.5) is 0 Å². The number of para-hydroxylation sites is 1. The molecule has 0 aliphatic heterocycles. The third-order valence-corrected chi connectivity index (χ3v) is 3.56. The molecule has 1 heterocycles. The molecule has 24 heavy (non-hydrogen) atoms. The van der Waals surface area contributed by atoms with Crippen molar-refractivity contribution in [3.63, 3.8) is 0 Å². The number of nitrogens with one attached hydrogen (secondary N) is 2. The molecule has 0 aliphatic rings. The minimum absolute atomic E-state index is 0.0854. The number of methoxy groups -OCH3 is 1. The second kappa shape index (κ2) is 8.26. The molecule has 1 aromatic carbocycles. The van der Waals surface area contributed by atoms with Gasteiger partial charge in [0.05, 0.1) is 35.8 Å². The maximum atomic E-state index is 12.4. The Morgan fingerprint density at radius 2 is 1.88 bits per heavy atom. The zero-order valence-corrected chi connectivity index (χ0v) is 14.1. The Bertz CT molecular complexity index is 710. The van der Waals surface area contributed by atoms with Crippen LogP contribution in [0.15, 0.2) is 30.3 Å². The molecular weight excluding hydrogens is 308 g/mol. The average Bonchev–Trinajstić information content (AvgIpc) is 2.88. The van der Waals surface area contributed by atoms with E-state index in [9.17, 15) is 9.59 Å². The Morgan fingerprint density at radius 3 is 2.54 bits per heavy atom. The number of aromatic nitrogens is 2. The fourth-order valence-corrected chi connectivity index (χ4v) is 2.40. The Hall–Kier alpha value is -2.67. The van der Waals surface area contributed by atoms with Crippen LogP contribution in [-0.2, 0) is 9.53 Å². The zero-order valence-electron chi connectivity index (χ0n) is 14.1. The second-order valence-electron chi connectivity index (χ2n) is 5.32. The van der Waals surface area contributed by atoms with Gasteiger partial charge in [0.1, 0.15) is 0 Å². The lowest BCUT2D eigenvalue weighted by Gasteiger charge is -2.07. The summed E-state index contributed by atoms with van der Waals surface area (Å²) in [6.07, 6.45) is 0. The summed E-state index contributed by atoms with van der Waals surface area (Å²) in [5.74, 6) is -0.569. The molecule has 1 aromatic heterocycles. The highest BCUT2D eigenvalue weighted by Crippen LogP contribution is 2.17. The van der Waals surface area contributed by atoms with Gasteiger partial charge in [-0.15, -0.1) is 0 Å². The van der Waals surface area contributed by atoms with E-state index >= 15 is 0 Å². The summed E-state index contributed by atoms with van der Waals surface area (Å²) in [4.78, 5) is 24.0. The molecule has 128 valence electrons. The standard InChI is InChI=1S/C17H22N4O3/c1-12-16(17(23)19-11-15(22)18-9-10-24-3)13(2)21(20-12)14-7-5-4-6-8-14/h4-8H,9-11H2,1-3H3,(H,18,22)(H,19,23). The maximum Gasteiger partial charge on any atom is 0.255 e. The summed E-state index contributed by atoms with van der Waals surface area (Å²) in [7, 11) is 1.56. The molecule has 0 unspecified atom stereocenters. The van der Waals surface area contributed by atoms with Crippen LogP contribution >= 0.6 is 0 Å². The monoisotopic (exact) mass is 330 g/mol. The summed E-state index contributed by atoms with van der Waals surface area (Å²) in [6, 6.07) is 9.59. The highest BCUT2D eigenvalue weighted by Gasteiger charge is 2.19. The lowest BCUT2D eigenvalue weighted by molar-refractivity contribution is -0.120. The predicted molar refractivity (Wildman–Crippen MR) is 90.3 cm³/mol. The number of amides is 2. The SMILES string of the molecule is COCCNC(=O)CNC(=O)c1c(C)nn(-c2ccccc2)c1C. The predicted octanol–water partition coefficient (Wildman–Crippen LogP) is 0.982. The second-order valence-corrected chi connectivity index (χ2v) is 5.32. The summed E-state index contributed by atoms with van der Waals surface area (Å²) in [5.41, 5.74) is 2.72. The van der Waals surface area contributed by atoms with Gasteiger partial charge in [-0.3, -0.25) is 9.59 Å². The fraction of sp³-hybridized carbons (Fsp3) is 0.353. The molecule has 2 rings (SSSR count). The van der Waals surface area contributed by atoms with Crippen molar-refractivity contribution in [2.24, 2.45) is 0 Å². The van der Waals surface area contributed by atoms with E-state index in [-0.39, 0.29) is 18.4 Å². The van der Waals surface area contributed by atoms with E-state index in [4.69, 9.17) is 4.74 Å². The summed E-state index contributed by atoms with van der Waals surface area (Å²) >= 11 is 0. The molecule has 0 radical (unpaired) electrons. The van der Waals surface area contributed by atoms with Gasteiger partial charge in [0.15, 0.2) is 0 Å². The van der Waals surface area contributed by atoms with E-state index in [0.717, 1.165) is 11.4 Å². The fourth-order valence-electron chi connectivity index (χ4n) is 2.40. The number of rotatable bonds is 7. The Morgan fingerprint density at radius 1 is 1.17 bits per heavy atom. The van der Waals surface area contributed by atoms with Gasteiger partial charge >= 0.3 is 0 Å². The van der Waals surface area contributed by atoms with Crippen LogP contribution in [0.3, 0.4) is 0 Å². The largest absolute Gasteiger partial charge is 0.383 e. The van der Waals surface area contributed by atoms with Gasteiger partial charge in [-0.2, -0.15) is 5.10 Å². The van der Waals surface area contributed by atoms with Gasteiger partial charge in [-0.1, -0.05) is 18.2 Å². The number of carbonyl (C=O) groups is 2.